The fourth-order valence-corrected chi connectivity index (χ4v) is 4.69. The molecule has 0 saturated carbocycles. The SMILES string of the molecule is COc1ccc(/C(C)=N/N2CCN(C3c4ccccc4-c4ccccc43)CC2)cc1. The van der Waals surface area contributed by atoms with Gasteiger partial charge in [-0.15, -0.1) is 0 Å². The molecule has 1 fully saturated rings. The second kappa shape index (κ2) is 7.96. The lowest BCUT2D eigenvalue weighted by molar-refractivity contribution is 0.114. The van der Waals surface area contributed by atoms with Crippen molar-refractivity contribution in [1.29, 1.82) is 0 Å². The van der Waals surface area contributed by atoms with Gasteiger partial charge in [0.05, 0.1) is 18.9 Å². The molecule has 1 saturated heterocycles. The molecule has 4 nitrogen and oxygen atoms in total. The molecule has 0 N–H and O–H groups in total. The lowest BCUT2D eigenvalue weighted by atomic mass is 10.0. The van der Waals surface area contributed by atoms with Gasteiger partial charge < -0.3 is 4.74 Å². The van der Waals surface area contributed by atoms with Crippen molar-refractivity contribution in [1.82, 2.24) is 9.91 Å². The fourth-order valence-electron chi connectivity index (χ4n) is 4.69. The zero-order chi connectivity index (χ0) is 20.5. The van der Waals surface area contributed by atoms with E-state index < -0.39 is 0 Å². The van der Waals surface area contributed by atoms with Gasteiger partial charge in [-0.1, -0.05) is 48.5 Å². The van der Waals surface area contributed by atoms with Gasteiger partial charge >= 0.3 is 0 Å². The number of rotatable bonds is 4. The van der Waals surface area contributed by atoms with Crippen LogP contribution < -0.4 is 4.74 Å². The number of piperazine rings is 1. The van der Waals surface area contributed by atoms with Crippen LogP contribution in [0.2, 0.25) is 0 Å². The average molecular weight is 398 g/mol. The minimum Gasteiger partial charge on any atom is -0.497 e. The van der Waals surface area contributed by atoms with Crippen LogP contribution in [-0.2, 0) is 0 Å². The van der Waals surface area contributed by atoms with Crippen LogP contribution in [0.25, 0.3) is 11.1 Å². The molecule has 152 valence electrons. The van der Waals surface area contributed by atoms with E-state index in [-0.39, 0.29) is 0 Å². The van der Waals surface area contributed by atoms with Gasteiger partial charge in [0, 0.05) is 26.2 Å². The van der Waals surface area contributed by atoms with Crippen LogP contribution in [0.1, 0.15) is 29.7 Å². The van der Waals surface area contributed by atoms with Crippen molar-refractivity contribution in [2.24, 2.45) is 5.10 Å². The lowest BCUT2D eigenvalue weighted by Gasteiger charge is -2.37. The van der Waals surface area contributed by atoms with Gasteiger partial charge in [-0.25, -0.2) is 0 Å². The summed E-state index contributed by atoms with van der Waals surface area (Å²) in [6, 6.07) is 26.2. The number of hydrogen-bond acceptors (Lipinski definition) is 4. The monoisotopic (exact) mass is 397 g/mol. The molecule has 30 heavy (non-hydrogen) atoms. The van der Waals surface area contributed by atoms with E-state index in [0.717, 1.165) is 43.2 Å². The van der Waals surface area contributed by atoms with Crippen LogP contribution >= 0.6 is 0 Å². The normalized spacial score (nSPS) is 17.0. The second-order valence-corrected chi connectivity index (χ2v) is 7.98. The lowest BCUT2D eigenvalue weighted by Crippen LogP contribution is -2.45. The van der Waals surface area contributed by atoms with Crippen molar-refractivity contribution in [2.45, 2.75) is 13.0 Å². The molecule has 0 spiro atoms. The first-order chi connectivity index (χ1) is 14.7. The Morgan fingerprint density at radius 2 is 1.37 bits per heavy atom. The maximum atomic E-state index is 5.25. The van der Waals surface area contributed by atoms with E-state index in [1.54, 1.807) is 7.11 Å². The molecule has 1 heterocycles. The van der Waals surface area contributed by atoms with E-state index >= 15 is 0 Å². The molecule has 0 aromatic heterocycles. The third kappa shape index (κ3) is 3.37. The Labute approximate surface area is 178 Å². The molecular weight excluding hydrogens is 370 g/mol. The molecule has 0 amide bonds. The predicted octanol–water partition coefficient (Wildman–Crippen LogP) is 4.81. The maximum absolute atomic E-state index is 5.25. The number of benzene rings is 3. The molecule has 0 radical (unpaired) electrons. The van der Waals surface area contributed by atoms with E-state index in [9.17, 15) is 0 Å². The van der Waals surface area contributed by atoms with Crippen molar-refractivity contribution in [2.75, 3.05) is 33.3 Å². The third-order valence-electron chi connectivity index (χ3n) is 6.26. The summed E-state index contributed by atoms with van der Waals surface area (Å²) < 4.78 is 5.25. The summed E-state index contributed by atoms with van der Waals surface area (Å²) in [6.45, 7) is 5.97. The minimum atomic E-state index is 0.353. The first kappa shape index (κ1) is 18.9. The fraction of sp³-hybridized carbons (Fsp3) is 0.269. The minimum absolute atomic E-state index is 0.353. The average Bonchev–Trinajstić information content (AvgIpc) is 3.14. The summed E-state index contributed by atoms with van der Waals surface area (Å²) in [4.78, 5) is 2.61. The van der Waals surface area contributed by atoms with Crippen molar-refractivity contribution in [3.63, 3.8) is 0 Å². The molecule has 0 atom stereocenters. The van der Waals surface area contributed by atoms with E-state index in [1.807, 2.05) is 12.1 Å². The summed E-state index contributed by atoms with van der Waals surface area (Å²) in [5.41, 5.74) is 7.82. The summed E-state index contributed by atoms with van der Waals surface area (Å²) in [6.07, 6.45) is 0. The molecule has 3 aromatic rings. The highest BCUT2D eigenvalue weighted by atomic mass is 16.5. The van der Waals surface area contributed by atoms with Gasteiger partial charge in [0.2, 0.25) is 0 Å². The zero-order valence-electron chi connectivity index (χ0n) is 17.6. The van der Waals surface area contributed by atoms with Crippen LogP contribution in [0.4, 0.5) is 0 Å². The second-order valence-electron chi connectivity index (χ2n) is 7.98. The Morgan fingerprint density at radius 1 is 0.800 bits per heavy atom. The number of fused-ring (bicyclic) bond motifs is 3. The Balaban J connectivity index is 1.31. The molecule has 3 aromatic carbocycles. The van der Waals surface area contributed by atoms with Gasteiger partial charge in [0.25, 0.3) is 0 Å². The first-order valence-electron chi connectivity index (χ1n) is 10.6. The highest BCUT2D eigenvalue weighted by molar-refractivity contribution is 5.98. The van der Waals surface area contributed by atoms with Gasteiger partial charge in [0.1, 0.15) is 5.75 Å². The topological polar surface area (TPSA) is 28.1 Å². The van der Waals surface area contributed by atoms with Crippen LogP contribution in [0, 0.1) is 0 Å². The third-order valence-corrected chi connectivity index (χ3v) is 6.26. The summed E-state index contributed by atoms with van der Waals surface area (Å²) in [5.74, 6) is 0.872. The molecule has 1 aliphatic heterocycles. The molecule has 1 aliphatic carbocycles. The van der Waals surface area contributed by atoms with Crippen LogP contribution in [0.15, 0.2) is 77.9 Å². The van der Waals surface area contributed by atoms with Gasteiger partial charge in [-0.05, 0) is 59.0 Å². The predicted molar refractivity (Wildman–Crippen MR) is 122 cm³/mol. The molecule has 0 unspecified atom stereocenters. The summed E-state index contributed by atoms with van der Waals surface area (Å²) in [5, 5.41) is 7.11. The number of methoxy groups -OCH3 is 1. The largest absolute Gasteiger partial charge is 0.497 e. The molecule has 4 heteroatoms. The number of nitrogens with zero attached hydrogens (tertiary/aromatic N) is 3. The van der Waals surface area contributed by atoms with E-state index in [1.165, 1.54) is 22.3 Å². The van der Waals surface area contributed by atoms with Gasteiger partial charge in [0.15, 0.2) is 0 Å². The first-order valence-corrected chi connectivity index (χ1v) is 10.6. The Hall–Kier alpha value is -3.11. The summed E-state index contributed by atoms with van der Waals surface area (Å²) in [7, 11) is 1.69. The van der Waals surface area contributed by atoms with Crippen molar-refractivity contribution < 1.29 is 4.74 Å². The molecule has 5 rings (SSSR count). The molecular formula is C26H27N3O. The Kier molecular flexibility index (Phi) is 5.01. The van der Waals surface area contributed by atoms with Crippen molar-refractivity contribution in [3.8, 4) is 16.9 Å². The van der Waals surface area contributed by atoms with E-state index in [4.69, 9.17) is 9.84 Å². The highest BCUT2D eigenvalue weighted by Gasteiger charge is 2.33. The van der Waals surface area contributed by atoms with Crippen LogP contribution in [0.3, 0.4) is 0 Å². The quantitative estimate of drug-likeness (QED) is 0.592. The van der Waals surface area contributed by atoms with Gasteiger partial charge in [-0.3, -0.25) is 9.91 Å². The number of hydrazone groups is 1. The van der Waals surface area contributed by atoms with E-state index in [2.05, 4.69) is 77.5 Å². The Bertz CT molecular complexity index is 1020. The number of ether oxygens (including phenoxy) is 1. The molecule has 0 bridgehead atoms. The van der Waals surface area contributed by atoms with Crippen molar-refractivity contribution >= 4 is 5.71 Å². The smallest absolute Gasteiger partial charge is 0.118 e. The highest BCUT2D eigenvalue weighted by Crippen LogP contribution is 2.46. The van der Waals surface area contributed by atoms with Crippen LogP contribution in [-0.4, -0.2) is 48.9 Å². The van der Waals surface area contributed by atoms with E-state index in [0.29, 0.717) is 6.04 Å². The summed E-state index contributed by atoms with van der Waals surface area (Å²) >= 11 is 0. The standard InChI is InChI=1S/C26H27N3O/c1-19(20-11-13-21(30-2)14-12-20)27-29-17-15-28(16-18-29)26-24-9-5-3-7-22(24)23-8-4-6-10-25(23)26/h3-14,26H,15-18H2,1-2H3/b27-19+. The maximum Gasteiger partial charge on any atom is 0.118 e. The van der Waals surface area contributed by atoms with Gasteiger partial charge in [-0.2, -0.15) is 5.10 Å². The van der Waals surface area contributed by atoms with Crippen molar-refractivity contribution in [3.05, 3.63) is 89.5 Å². The number of hydrogen-bond donors (Lipinski definition) is 0. The van der Waals surface area contributed by atoms with Crippen LogP contribution in [0.5, 0.6) is 5.75 Å². The Morgan fingerprint density at radius 3 is 1.93 bits per heavy atom. The zero-order valence-corrected chi connectivity index (χ0v) is 17.6. The molecule has 2 aliphatic rings.